The number of nitrogens with two attached hydrogens (primary N) is 1. The molecule has 1 atom stereocenters. The molecule has 96 valence electrons. The van der Waals surface area contributed by atoms with Gasteiger partial charge in [-0.1, -0.05) is 0 Å². The van der Waals surface area contributed by atoms with E-state index in [4.69, 9.17) is 10.5 Å². The van der Waals surface area contributed by atoms with Crippen LogP contribution in [0.1, 0.15) is 15.9 Å². The van der Waals surface area contributed by atoms with Gasteiger partial charge in [-0.05, 0) is 42.5 Å². The lowest BCUT2D eigenvalue weighted by molar-refractivity contribution is 0.103. The van der Waals surface area contributed by atoms with E-state index >= 15 is 0 Å². The van der Waals surface area contributed by atoms with Gasteiger partial charge in [0.25, 0.3) is 0 Å². The van der Waals surface area contributed by atoms with Gasteiger partial charge in [0.05, 0.1) is 5.69 Å². The molecule has 0 saturated heterocycles. The van der Waals surface area contributed by atoms with E-state index in [0.717, 1.165) is 0 Å². The molecule has 1 aliphatic rings. The van der Waals surface area contributed by atoms with E-state index in [1.54, 1.807) is 18.2 Å². The third-order valence-corrected chi connectivity index (χ3v) is 2.90. The highest BCUT2D eigenvalue weighted by molar-refractivity contribution is 6.09. The third kappa shape index (κ3) is 2.15. The Bertz CT molecular complexity index is 640. The Hall–Kier alpha value is -2.40. The second-order valence-electron chi connectivity index (χ2n) is 4.23. The molecule has 2 aromatic carbocycles. The number of ketones is 1. The van der Waals surface area contributed by atoms with Crippen molar-refractivity contribution < 1.29 is 13.9 Å². The van der Waals surface area contributed by atoms with Gasteiger partial charge in [0.2, 0.25) is 6.35 Å². The van der Waals surface area contributed by atoms with Crippen LogP contribution in [0.5, 0.6) is 5.75 Å². The first kappa shape index (κ1) is 11.7. The molecule has 3 N–H and O–H groups in total. The van der Waals surface area contributed by atoms with E-state index in [0.29, 0.717) is 22.6 Å². The van der Waals surface area contributed by atoms with Crippen molar-refractivity contribution in [3.8, 4) is 5.75 Å². The van der Waals surface area contributed by atoms with Crippen molar-refractivity contribution in [2.24, 2.45) is 5.73 Å². The van der Waals surface area contributed by atoms with Gasteiger partial charge in [0, 0.05) is 11.1 Å². The predicted molar refractivity (Wildman–Crippen MR) is 68.5 cm³/mol. The van der Waals surface area contributed by atoms with E-state index in [1.807, 2.05) is 0 Å². The number of halogens is 1. The van der Waals surface area contributed by atoms with E-state index in [1.165, 1.54) is 24.3 Å². The Labute approximate surface area is 109 Å². The number of hydrogen-bond acceptors (Lipinski definition) is 4. The Kier molecular flexibility index (Phi) is 2.68. The number of anilines is 1. The number of benzene rings is 2. The molecule has 3 rings (SSSR count). The van der Waals surface area contributed by atoms with E-state index in [-0.39, 0.29) is 11.6 Å². The molecule has 0 aliphatic carbocycles. The lowest BCUT2D eigenvalue weighted by Gasteiger charge is -2.03. The SMILES string of the molecule is NC1Nc2cc(C(=O)c3ccc(F)cc3)ccc2O1. The van der Waals surface area contributed by atoms with E-state index in [9.17, 15) is 9.18 Å². The zero-order chi connectivity index (χ0) is 13.4. The summed E-state index contributed by atoms with van der Waals surface area (Å²) in [5.74, 6) is 0.0692. The van der Waals surface area contributed by atoms with Crippen LogP contribution >= 0.6 is 0 Å². The van der Waals surface area contributed by atoms with Gasteiger partial charge in [-0.25, -0.2) is 4.39 Å². The number of rotatable bonds is 2. The summed E-state index contributed by atoms with van der Waals surface area (Å²) < 4.78 is 18.1. The number of carbonyl (C=O) groups excluding carboxylic acids is 1. The highest BCUT2D eigenvalue weighted by atomic mass is 19.1. The summed E-state index contributed by atoms with van der Waals surface area (Å²) >= 11 is 0. The quantitative estimate of drug-likeness (QED) is 0.810. The molecular weight excluding hydrogens is 247 g/mol. The zero-order valence-electron chi connectivity index (χ0n) is 9.89. The van der Waals surface area contributed by atoms with Crippen LogP contribution in [0.2, 0.25) is 0 Å². The van der Waals surface area contributed by atoms with Gasteiger partial charge in [-0.15, -0.1) is 0 Å². The van der Waals surface area contributed by atoms with Crippen LogP contribution in [0, 0.1) is 5.82 Å². The summed E-state index contributed by atoms with van der Waals surface area (Å²) in [6.45, 7) is 0. The molecule has 1 aliphatic heterocycles. The maximum atomic E-state index is 12.8. The number of carbonyl (C=O) groups is 1. The van der Waals surface area contributed by atoms with Crippen LogP contribution in [0.15, 0.2) is 42.5 Å². The minimum atomic E-state index is -0.592. The smallest absolute Gasteiger partial charge is 0.225 e. The van der Waals surface area contributed by atoms with Gasteiger partial charge >= 0.3 is 0 Å². The summed E-state index contributed by atoms with van der Waals surface area (Å²) in [6.07, 6.45) is -0.592. The molecule has 0 aromatic heterocycles. The first-order chi connectivity index (χ1) is 9.13. The van der Waals surface area contributed by atoms with Gasteiger partial charge in [0.15, 0.2) is 5.78 Å². The summed E-state index contributed by atoms with van der Waals surface area (Å²) in [7, 11) is 0. The lowest BCUT2D eigenvalue weighted by atomic mass is 10.0. The highest BCUT2D eigenvalue weighted by Crippen LogP contribution is 2.31. The second kappa shape index (κ2) is 4.37. The van der Waals surface area contributed by atoms with Crippen LogP contribution in [0.3, 0.4) is 0 Å². The Balaban J connectivity index is 1.93. The third-order valence-electron chi connectivity index (χ3n) is 2.90. The van der Waals surface area contributed by atoms with Crippen LogP contribution in [-0.4, -0.2) is 12.1 Å². The van der Waals surface area contributed by atoms with Gasteiger partial charge in [-0.2, -0.15) is 0 Å². The van der Waals surface area contributed by atoms with Crippen molar-refractivity contribution in [2.75, 3.05) is 5.32 Å². The number of hydrogen-bond donors (Lipinski definition) is 2. The fourth-order valence-electron chi connectivity index (χ4n) is 1.97. The normalized spacial score (nSPS) is 16.4. The molecule has 0 saturated carbocycles. The average Bonchev–Trinajstić information content (AvgIpc) is 2.77. The number of ether oxygens (including phenoxy) is 1. The lowest BCUT2D eigenvalue weighted by Crippen LogP contribution is -2.30. The fraction of sp³-hybridized carbons (Fsp3) is 0.0714. The minimum absolute atomic E-state index is 0.176. The van der Waals surface area contributed by atoms with Crippen molar-refractivity contribution in [3.63, 3.8) is 0 Å². The molecule has 1 unspecified atom stereocenters. The maximum absolute atomic E-state index is 12.8. The van der Waals surface area contributed by atoms with Crippen molar-refractivity contribution in [1.29, 1.82) is 0 Å². The topological polar surface area (TPSA) is 64.3 Å². The van der Waals surface area contributed by atoms with Crippen molar-refractivity contribution in [1.82, 2.24) is 0 Å². The van der Waals surface area contributed by atoms with Crippen LogP contribution < -0.4 is 15.8 Å². The van der Waals surface area contributed by atoms with Gasteiger partial charge in [0.1, 0.15) is 11.6 Å². The second-order valence-corrected chi connectivity index (χ2v) is 4.23. The summed E-state index contributed by atoms with van der Waals surface area (Å²) in [4.78, 5) is 12.2. The Morgan fingerprint density at radius 1 is 1.16 bits per heavy atom. The highest BCUT2D eigenvalue weighted by Gasteiger charge is 2.20. The summed E-state index contributed by atoms with van der Waals surface area (Å²) in [5.41, 5.74) is 7.19. The molecule has 0 amide bonds. The number of nitrogens with one attached hydrogen (secondary N) is 1. The molecule has 4 nitrogen and oxygen atoms in total. The summed E-state index contributed by atoms with van der Waals surface area (Å²) in [5, 5.41) is 2.90. The molecule has 5 heteroatoms. The first-order valence-corrected chi connectivity index (χ1v) is 5.76. The van der Waals surface area contributed by atoms with E-state index in [2.05, 4.69) is 5.32 Å². The molecule has 0 radical (unpaired) electrons. The van der Waals surface area contributed by atoms with Crippen LogP contribution in [-0.2, 0) is 0 Å². The summed E-state index contributed by atoms with van der Waals surface area (Å²) in [6, 6.07) is 10.5. The maximum Gasteiger partial charge on any atom is 0.225 e. The van der Waals surface area contributed by atoms with Crippen molar-refractivity contribution in [2.45, 2.75) is 6.35 Å². The van der Waals surface area contributed by atoms with Crippen LogP contribution in [0.4, 0.5) is 10.1 Å². The molecule has 0 bridgehead atoms. The average molecular weight is 258 g/mol. The molecule has 0 spiro atoms. The Morgan fingerprint density at radius 3 is 2.58 bits per heavy atom. The zero-order valence-corrected chi connectivity index (χ0v) is 9.89. The first-order valence-electron chi connectivity index (χ1n) is 5.76. The monoisotopic (exact) mass is 258 g/mol. The standard InChI is InChI=1S/C14H11FN2O2/c15-10-4-1-8(2-5-10)13(18)9-3-6-12-11(7-9)17-14(16)19-12/h1-7,14,17H,16H2. The fourth-order valence-corrected chi connectivity index (χ4v) is 1.97. The molecule has 1 heterocycles. The largest absolute Gasteiger partial charge is 0.456 e. The predicted octanol–water partition coefficient (Wildman–Crippen LogP) is 2.10. The molecular formula is C14H11FN2O2. The molecule has 2 aromatic rings. The van der Waals surface area contributed by atoms with Crippen molar-refractivity contribution in [3.05, 3.63) is 59.4 Å². The van der Waals surface area contributed by atoms with Gasteiger partial charge < -0.3 is 10.1 Å². The van der Waals surface area contributed by atoms with E-state index < -0.39 is 6.35 Å². The van der Waals surface area contributed by atoms with Gasteiger partial charge in [-0.3, -0.25) is 10.5 Å². The Morgan fingerprint density at radius 2 is 1.84 bits per heavy atom. The van der Waals surface area contributed by atoms with Crippen molar-refractivity contribution >= 4 is 11.5 Å². The minimum Gasteiger partial charge on any atom is -0.456 e. The molecule has 19 heavy (non-hydrogen) atoms. The molecule has 0 fully saturated rings. The number of fused-ring (bicyclic) bond motifs is 1. The van der Waals surface area contributed by atoms with Crippen LogP contribution in [0.25, 0.3) is 0 Å².